The minimum atomic E-state index is -0.580. The summed E-state index contributed by atoms with van der Waals surface area (Å²) in [5, 5.41) is 8.53. The molecular formula is C22H34FN9O2. The maximum absolute atomic E-state index is 13.0. The van der Waals surface area contributed by atoms with Crippen LogP contribution in [0.25, 0.3) is 0 Å². The van der Waals surface area contributed by atoms with Crippen molar-refractivity contribution in [1.29, 1.82) is 0 Å². The highest BCUT2D eigenvalue weighted by Gasteiger charge is 2.09. The van der Waals surface area contributed by atoms with Crippen LogP contribution in [0.1, 0.15) is 32.1 Å². The molecule has 1 unspecified atom stereocenters. The highest BCUT2D eigenvalue weighted by atomic mass is 19.1. The van der Waals surface area contributed by atoms with E-state index in [4.69, 9.17) is 17.2 Å². The summed E-state index contributed by atoms with van der Waals surface area (Å²) < 4.78 is 14.5. The Kier molecular flexibility index (Phi) is 11.5. The third kappa shape index (κ3) is 10.4. The number of aliphatic imine (C=N–C) groups is 1. The van der Waals surface area contributed by atoms with Crippen LogP contribution >= 0.6 is 0 Å². The number of anilines is 2. The Morgan fingerprint density at radius 1 is 1.09 bits per heavy atom. The fraction of sp³-hybridized carbons (Fsp3) is 0.455. The monoisotopic (exact) mass is 475 g/mol. The molecule has 2 rings (SSSR count). The molecule has 11 nitrogen and oxygen atoms in total. The van der Waals surface area contributed by atoms with Gasteiger partial charge in [0.05, 0.1) is 0 Å². The first kappa shape index (κ1) is 26.7. The Balaban J connectivity index is 1.83. The summed E-state index contributed by atoms with van der Waals surface area (Å²) >= 11 is 0. The highest BCUT2D eigenvalue weighted by Crippen LogP contribution is 2.10. The van der Waals surface area contributed by atoms with Crippen molar-refractivity contribution in [3.05, 3.63) is 52.8 Å². The molecule has 0 radical (unpaired) electrons. The van der Waals surface area contributed by atoms with Gasteiger partial charge in [0.2, 0.25) is 0 Å². The number of benzene rings is 1. The van der Waals surface area contributed by atoms with Crippen LogP contribution in [0.4, 0.5) is 20.7 Å². The van der Waals surface area contributed by atoms with Crippen molar-refractivity contribution in [2.75, 3.05) is 30.3 Å². The number of hydrogen-bond acceptors (Lipinski definition) is 6. The van der Waals surface area contributed by atoms with Crippen molar-refractivity contribution in [1.82, 2.24) is 14.9 Å². The molecule has 34 heavy (non-hydrogen) atoms. The van der Waals surface area contributed by atoms with Crippen molar-refractivity contribution in [2.45, 2.75) is 44.7 Å². The Hall–Kier alpha value is -3.51. The van der Waals surface area contributed by atoms with Gasteiger partial charge < -0.3 is 27.8 Å². The Morgan fingerprint density at radius 3 is 2.50 bits per heavy atom. The van der Waals surface area contributed by atoms with Gasteiger partial charge in [-0.2, -0.15) is 4.98 Å². The van der Waals surface area contributed by atoms with E-state index in [1.165, 1.54) is 28.8 Å². The largest absolute Gasteiger partial charge is 0.370 e. The molecule has 0 saturated heterocycles. The summed E-state index contributed by atoms with van der Waals surface area (Å²) in [5.41, 5.74) is 16.3. The van der Waals surface area contributed by atoms with Crippen LogP contribution in [0.3, 0.4) is 0 Å². The van der Waals surface area contributed by atoms with Crippen LogP contribution in [-0.4, -0.2) is 47.2 Å². The maximum Gasteiger partial charge on any atom is 0.349 e. The molecule has 0 saturated carbocycles. The summed E-state index contributed by atoms with van der Waals surface area (Å²) in [6.07, 6.45) is 5.86. The lowest BCUT2D eigenvalue weighted by Gasteiger charge is -2.18. The van der Waals surface area contributed by atoms with Crippen LogP contribution in [0.2, 0.25) is 0 Å². The zero-order chi connectivity index (χ0) is 24.8. The Morgan fingerprint density at radius 2 is 1.82 bits per heavy atom. The number of carbonyl (C=O) groups is 1. The maximum atomic E-state index is 13.0. The molecule has 1 heterocycles. The first-order valence-electron chi connectivity index (χ1n) is 11.3. The van der Waals surface area contributed by atoms with Gasteiger partial charge in [-0.3, -0.25) is 14.9 Å². The quantitative estimate of drug-likeness (QED) is 0.135. The third-order valence-corrected chi connectivity index (χ3v) is 4.99. The molecule has 1 aromatic carbocycles. The average Bonchev–Trinajstić information content (AvgIpc) is 2.79. The second-order valence-corrected chi connectivity index (χ2v) is 7.76. The van der Waals surface area contributed by atoms with Crippen LogP contribution in [0.15, 0.2) is 46.3 Å². The molecular weight excluding hydrogens is 441 g/mol. The van der Waals surface area contributed by atoms with Crippen LogP contribution in [-0.2, 0) is 6.54 Å². The molecule has 1 atom stereocenters. The van der Waals surface area contributed by atoms with E-state index in [1.54, 1.807) is 12.3 Å². The van der Waals surface area contributed by atoms with Crippen LogP contribution in [0, 0.1) is 5.82 Å². The normalized spacial score (nSPS) is 11.6. The molecule has 12 heteroatoms. The number of nitrogens with zero attached hydrogens (tertiary/aromatic N) is 3. The van der Waals surface area contributed by atoms with Crippen LogP contribution in [0.5, 0.6) is 0 Å². The molecule has 0 fully saturated rings. The first-order valence-corrected chi connectivity index (χ1v) is 11.3. The lowest BCUT2D eigenvalue weighted by atomic mass is 10.1. The van der Waals surface area contributed by atoms with Crippen LogP contribution < -0.4 is 38.8 Å². The summed E-state index contributed by atoms with van der Waals surface area (Å²) in [5.74, 6) is -0.188. The number of guanidine groups is 1. The molecule has 1 aromatic heterocycles. The second-order valence-electron chi connectivity index (χ2n) is 7.76. The molecule has 186 valence electrons. The predicted molar refractivity (Wildman–Crippen MR) is 132 cm³/mol. The number of hydrogen-bond donors (Lipinski definition) is 6. The van der Waals surface area contributed by atoms with Gasteiger partial charge in [0.1, 0.15) is 11.6 Å². The number of aryl methyl sites for hydroxylation is 1. The average molecular weight is 476 g/mol. The van der Waals surface area contributed by atoms with E-state index in [1.807, 2.05) is 0 Å². The second kappa shape index (κ2) is 14.6. The number of rotatable bonds is 14. The lowest BCUT2D eigenvalue weighted by Crippen LogP contribution is -2.32. The third-order valence-electron chi connectivity index (χ3n) is 4.99. The van der Waals surface area contributed by atoms with Gasteiger partial charge in [0.15, 0.2) is 5.96 Å². The summed E-state index contributed by atoms with van der Waals surface area (Å²) in [7, 11) is 0. The smallest absolute Gasteiger partial charge is 0.349 e. The minimum absolute atomic E-state index is 0.0883. The highest BCUT2D eigenvalue weighted by molar-refractivity contribution is 5.99. The van der Waals surface area contributed by atoms with E-state index in [-0.39, 0.29) is 17.8 Å². The minimum Gasteiger partial charge on any atom is -0.370 e. The predicted octanol–water partition coefficient (Wildman–Crippen LogP) is 1.17. The number of carbonyl (C=O) groups excluding carboxylic acids is 1. The van der Waals surface area contributed by atoms with Gasteiger partial charge in [0.25, 0.3) is 0 Å². The summed E-state index contributed by atoms with van der Waals surface area (Å²) in [6.45, 7) is 2.52. The number of halogens is 1. The molecule has 0 aliphatic rings. The zero-order valence-corrected chi connectivity index (χ0v) is 19.2. The van der Waals surface area contributed by atoms with Crippen molar-refractivity contribution < 1.29 is 9.18 Å². The molecule has 0 aliphatic carbocycles. The van der Waals surface area contributed by atoms with Crippen molar-refractivity contribution in [2.24, 2.45) is 22.2 Å². The van der Waals surface area contributed by atoms with Crippen molar-refractivity contribution in [3.8, 4) is 0 Å². The summed E-state index contributed by atoms with van der Waals surface area (Å²) in [4.78, 5) is 32.3. The standard InChI is InChI=1S/C22H34FN9O2/c23-16-6-8-18(9-7-16)29-21(33)30-19-10-15-32(22(34)31-19)14-2-5-17(27-13-3-11-24)4-1-12-28-20(25)26/h6-10,15,17,27H,1-5,11-14,24H2,(H4,25,26,28)(H2,29,30,31,33,34). The van der Waals surface area contributed by atoms with Crippen molar-refractivity contribution >= 4 is 23.5 Å². The van der Waals surface area contributed by atoms with Gasteiger partial charge >= 0.3 is 11.7 Å². The van der Waals surface area contributed by atoms with E-state index < -0.39 is 17.5 Å². The Labute approximate surface area is 198 Å². The van der Waals surface area contributed by atoms with E-state index in [9.17, 15) is 14.0 Å². The fourth-order valence-electron chi connectivity index (χ4n) is 3.29. The van der Waals surface area contributed by atoms with E-state index >= 15 is 0 Å². The molecule has 0 aliphatic heterocycles. The SMILES string of the molecule is NCCCNC(CCCN=C(N)N)CCCn1ccc(NC(=O)Nc2ccc(F)cc2)nc1=O. The van der Waals surface area contributed by atoms with Gasteiger partial charge in [0, 0.05) is 31.0 Å². The molecule has 0 spiro atoms. The number of amides is 2. The van der Waals surface area contributed by atoms with E-state index in [0.717, 1.165) is 38.6 Å². The lowest BCUT2D eigenvalue weighted by molar-refractivity contribution is 0.262. The number of nitrogens with one attached hydrogen (secondary N) is 3. The van der Waals surface area contributed by atoms with Gasteiger partial charge in [-0.15, -0.1) is 0 Å². The van der Waals surface area contributed by atoms with E-state index in [2.05, 4.69) is 25.9 Å². The van der Waals surface area contributed by atoms with Gasteiger partial charge in [-0.1, -0.05) is 0 Å². The number of urea groups is 1. The molecule has 9 N–H and O–H groups in total. The molecule has 0 bridgehead atoms. The Bertz CT molecular complexity index is 975. The van der Waals surface area contributed by atoms with Gasteiger partial charge in [-0.25, -0.2) is 14.0 Å². The zero-order valence-electron chi connectivity index (χ0n) is 19.2. The first-order chi connectivity index (χ1) is 16.4. The molecule has 2 amide bonds. The summed E-state index contributed by atoms with van der Waals surface area (Å²) in [6, 6.07) is 6.56. The number of aromatic nitrogens is 2. The van der Waals surface area contributed by atoms with Crippen molar-refractivity contribution in [3.63, 3.8) is 0 Å². The van der Waals surface area contributed by atoms with E-state index in [0.29, 0.717) is 25.3 Å². The fourth-order valence-corrected chi connectivity index (χ4v) is 3.29. The topological polar surface area (TPSA) is 178 Å². The number of nitrogens with two attached hydrogens (primary N) is 3. The molecule has 2 aromatic rings. The van der Waals surface area contributed by atoms with Gasteiger partial charge in [-0.05, 0) is 75.5 Å².